The first-order valence-corrected chi connectivity index (χ1v) is 13.1. The number of nitrogens with one attached hydrogen (secondary N) is 1. The molecule has 0 bridgehead atoms. The molecular formula is C23H27N3O5S2. The molecule has 1 aliphatic rings. The van der Waals surface area contributed by atoms with Crippen LogP contribution in [-0.4, -0.2) is 43.4 Å². The highest BCUT2D eigenvalue weighted by atomic mass is 32.2. The Hall–Kier alpha value is -2.69. The molecule has 0 unspecified atom stereocenters. The summed E-state index contributed by atoms with van der Waals surface area (Å²) in [6.45, 7) is 4.37. The lowest BCUT2D eigenvalue weighted by atomic mass is 9.97. The third-order valence-corrected chi connectivity index (χ3v) is 8.71. The van der Waals surface area contributed by atoms with Crippen LogP contribution in [0.4, 0.5) is 5.69 Å². The molecule has 33 heavy (non-hydrogen) atoms. The summed E-state index contributed by atoms with van der Waals surface area (Å²) in [6, 6.07) is 12.0. The number of anilines is 1. The maximum atomic E-state index is 13.2. The van der Waals surface area contributed by atoms with Crippen LogP contribution in [0.1, 0.15) is 32.7 Å². The number of methoxy groups -OCH3 is 1. The lowest BCUT2D eigenvalue weighted by molar-refractivity contribution is -0.120. The van der Waals surface area contributed by atoms with E-state index in [-0.39, 0.29) is 40.7 Å². The summed E-state index contributed by atoms with van der Waals surface area (Å²) in [5, 5.41) is 2.89. The maximum absolute atomic E-state index is 13.2. The second-order valence-corrected chi connectivity index (χ2v) is 11.3. The molecule has 4 rings (SSSR count). The van der Waals surface area contributed by atoms with Gasteiger partial charge in [0, 0.05) is 36.8 Å². The molecule has 2 heterocycles. The largest absolute Gasteiger partial charge is 0.497 e. The fourth-order valence-electron chi connectivity index (χ4n) is 4.12. The molecule has 10 heteroatoms. The van der Waals surface area contributed by atoms with E-state index in [2.05, 4.69) is 5.32 Å². The van der Waals surface area contributed by atoms with E-state index in [4.69, 9.17) is 4.74 Å². The van der Waals surface area contributed by atoms with Gasteiger partial charge in [0.25, 0.3) is 0 Å². The first-order valence-electron chi connectivity index (χ1n) is 10.8. The highest BCUT2D eigenvalue weighted by Crippen LogP contribution is 2.29. The molecule has 1 fully saturated rings. The number of carbonyl (C=O) groups is 1. The van der Waals surface area contributed by atoms with Crippen molar-refractivity contribution >= 4 is 43.2 Å². The Morgan fingerprint density at radius 1 is 1.15 bits per heavy atom. The molecule has 1 amide bonds. The zero-order valence-electron chi connectivity index (χ0n) is 18.8. The summed E-state index contributed by atoms with van der Waals surface area (Å²) >= 11 is 1.05. The molecule has 0 aliphatic carbocycles. The van der Waals surface area contributed by atoms with Gasteiger partial charge in [-0.1, -0.05) is 17.4 Å². The summed E-state index contributed by atoms with van der Waals surface area (Å²) in [7, 11) is -2.15. The second kappa shape index (κ2) is 9.28. The zero-order valence-corrected chi connectivity index (χ0v) is 20.4. The molecule has 0 radical (unpaired) electrons. The van der Waals surface area contributed by atoms with Gasteiger partial charge in [-0.05, 0) is 57.0 Å². The number of benzene rings is 2. The number of carbonyl (C=O) groups excluding carboxylic acids is 1. The van der Waals surface area contributed by atoms with Crippen molar-refractivity contribution in [1.82, 2.24) is 8.87 Å². The van der Waals surface area contributed by atoms with E-state index in [1.807, 2.05) is 13.8 Å². The quantitative estimate of drug-likeness (QED) is 0.570. The highest BCUT2D eigenvalue weighted by molar-refractivity contribution is 7.89. The summed E-state index contributed by atoms with van der Waals surface area (Å²) in [5.41, 5.74) is 1.39. The van der Waals surface area contributed by atoms with Crippen LogP contribution >= 0.6 is 11.3 Å². The molecule has 176 valence electrons. The average molecular weight is 490 g/mol. The number of rotatable bonds is 6. The Balaban J connectivity index is 1.45. The van der Waals surface area contributed by atoms with Gasteiger partial charge >= 0.3 is 4.87 Å². The molecule has 0 spiro atoms. The van der Waals surface area contributed by atoms with E-state index < -0.39 is 10.0 Å². The molecular weight excluding hydrogens is 462 g/mol. The third kappa shape index (κ3) is 4.68. The number of hydrogen-bond acceptors (Lipinski definition) is 6. The van der Waals surface area contributed by atoms with Crippen molar-refractivity contribution in [2.75, 3.05) is 25.5 Å². The monoisotopic (exact) mass is 489 g/mol. The highest BCUT2D eigenvalue weighted by Gasteiger charge is 2.32. The summed E-state index contributed by atoms with van der Waals surface area (Å²) in [6.07, 6.45) is 0.878. The fraction of sp³-hybridized carbons (Fsp3) is 0.391. The van der Waals surface area contributed by atoms with Crippen molar-refractivity contribution < 1.29 is 17.9 Å². The van der Waals surface area contributed by atoms with E-state index in [1.54, 1.807) is 54.1 Å². The average Bonchev–Trinajstić information content (AvgIpc) is 3.14. The predicted molar refractivity (Wildman–Crippen MR) is 130 cm³/mol. The van der Waals surface area contributed by atoms with Crippen LogP contribution in [0.3, 0.4) is 0 Å². The molecule has 1 N–H and O–H groups in total. The van der Waals surface area contributed by atoms with Gasteiger partial charge < -0.3 is 10.1 Å². The van der Waals surface area contributed by atoms with Crippen LogP contribution < -0.4 is 14.9 Å². The number of sulfonamides is 1. The zero-order chi connectivity index (χ0) is 23.8. The molecule has 8 nitrogen and oxygen atoms in total. The number of amides is 1. The Bertz CT molecular complexity index is 1340. The first-order chi connectivity index (χ1) is 15.7. The van der Waals surface area contributed by atoms with Gasteiger partial charge in [0.15, 0.2) is 0 Å². The lowest BCUT2D eigenvalue weighted by Crippen LogP contribution is -2.41. The number of piperidine rings is 1. The minimum absolute atomic E-state index is 0.00384. The maximum Gasteiger partial charge on any atom is 0.308 e. The molecule has 0 atom stereocenters. The first kappa shape index (κ1) is 23.5. The molecule has 3 aromatic rings. The minimum atomic E-state index is -3.71. The Morgan fingerprint density at radius 3 is 2.55 bits per heavy atom. The van der Waals surface area contributed by atoms with Gasteiger partial charge in [-0.25, -0.2) is 8.42 Å². The van der Waals surface area contributed by atoms with Crippen LogP contribution in [0.15, 0.2) is 52.2 Å². The SMILES string of the molecule is COc1cccc(NC(=O)C2CCN(S(=O)(=O)c3ccc4c(c3)sc(=O)n4C(C)C)CC2)c1. The number of ether oxygens (including phenoxy) is 1. The van der Waals surface area contributed by atoms with Gasteiger partial charge in [-0.15, -0.1) is 0 Å². The van der Waals surface area contributed by atoms with Gasteiger partial charge in [-0.3, -0.25) is 14.2 Å². The molecule has 1 aromatic heterocycles. The number of aromatic nitrogens is 1. The summed E-state index contributed by atoms with van der Waals surface area (Å²) in [5.74, 6) is 0.261. The molecule has 1 aliphatic heterocycles. The van der Waals surface area contributed by atoms with Crippen LogP contribution in [-0.2, 0) is 14.8 Å². The van der Waals surface area contributed by atoms with Crippen LogP contribution in [0.25, 0.3) is 10.2 Å². The number of hydrogen-bond donors (Lipinski definition) is 1. The smallest absolute Gasteiger partial charge is 0.308 e. The van der Waals surface area contributed by atoms with Crippen LogP contribution in [0.2, 0.25) is 0 Å². The lowest BCUT2D eigenvalue weighted by Gasteiger charge is -2.30. The van der Waals surface area contributed by atoms with Gasteiger partial charge in [0.1, 0.15) is 5.75 Å². The van der Waals surface area contributed by atoms with Gasteiger partial charge in [0.2, 0.25) is 15.9 Å². The summed E-state index contributed by atoms with van der Waals surface area (Å²) < 4.78 is 35.4. The van der Waals surface area contributed by atoms with Gasteiger partial charge in [-0.2, -0.15) is 4.31 Å². The summed E-state index contributed by atoms with van der Waals surface area (Å²) in [4.78, 5) is 25.0. The van der Waals surface area contributed by atoms with Crippen molar-refractivity contribution in [1.29, 1.82) is 0 Å². The standard InChI is InChI=1S/C23H27N3O5S2/c1-15(2)26-20-8-7-19(14-21(20)32-23(26)28)33(29,30)25-11-9-16(10-12-25)22(27)24-17-5-4-6-18(13-17)31-3/h4-8,13-16H,9-12H2,1-3H3,(H,24,27). The van der Waals surface area contributed by atoms with Crippen molar-refractivity contribution in [3.05, 3.63) is 52.1 Å². The molecule has 2 aromatic carbocycles. The van der Waals surface area contributed by atoms with Crippen molar-refractivity contribution in [3.63, 3.8) is 0 Å². The normalized spacial score (nSPS) is 15.8. The Labute approximate surface area is 196 Å². The van der Waals surface area contributed by atoms with E-state index in [1.165, 1.54) is 4.31 Å². The molecule has 1 saturated heterocycles. The van der Waals surface area contributed by atoms with Crippen molar-refractivity contribution in [3.8, 4) is 5.75 Å². The van der Waals surface area contributed by atoms with Crippen molar-refractivity contribution in [2.24, 2.45) is 5.92 Å². The Kier molecular flexibility index (Phi) is 6.60. The fourth-order valence-corrected chi connectivity index (χ4v) is 6.74. The van der Waals surface area contributed by atoms with Crippen LogP contribution in [0, 0.1) is 5.92 Å². The topological polar surface area (TPSA) is 97.7 Å². The third-order valence-electron chi connectivity index (χ3n) is 5.90. The van der Waals surface area contributed by atoms with E-state index in [0.29, 0.717) is 29.0 Å². The number of fused-ring (bicyclic) bond motifs is 1. The molecule has 0 saturated carbocycles. The minimum Gasteiger partial charge on any atom is -0.497 e. The number of thiazole rings is 1. The van der Waals surface area contributed by atoms with Crippen LogP contribution in [0.5, 0.6) is 5.75 Å². The van der Waals surface area contributed by atoms with E-state index >= 15 is 0 Å². The van der Waals surface area contributed by atoms with Gasteiger partial charge in [0.05, 0.1) is 22.2 Å². The predicted octanol–water partition coefficient (Wildman–Crippen LogP) is 3.69. The van der Waals surface area contributed by atoms with E-state index in [0.717, 1.165) is 16.9 Å². The Morgan fingerprint density at radius 2 is 1.88 bits per heavy atom. The number of nitrogens with zero attached hydrogens (tertiary/aromatic N) is 2. The van der Waals surface area contributed by atoms with E-state index in [9.17, 15) is 18.0 Å². The van der Waals surface area contributed by atoms with Crippen molar-refractivity contribution in [2.45, 2.75) is 37.6 Å². The second-order valence-electron chi connectivity index (χ2n) is 8.36.